The first kappa shape index (κ1) is 10.9. The molecule has 0 saturated heterocycles. The lowest BCUT2D eigenvalue weighted by molar-refractivity contribution is -0.660. The summed E-state index contributed by atoms with van der Waals surface area (Å²) in [5.74, 6) is 0. The van der Waals surface area contributed by atoms with Crippen molar-refractivity contribution in [2.75, 3.05) is 0 Å². The SMILES string of the molecule is [2H]C([2H])([2H])c1ccc(-c2cc3c(cc2C)oc2cc(C)ncc23)[n+](C)c1. The van der Waals surface area contributed by atoms with Gasteiger partial charge in [0.1, 0.15) is 18.2 Å². The van der Waals surface area contributed by atoms with Gasteiger partial charge >= 0.3 is 0 Å². The summed E-state index contributed by atoms with van der Waals surface area (Å²) in [4.78, 5) is 4.38. The van der Waals surface area contributed by atoms with E-state index >= 15 is 0 Å². The summed E-state index contributed by atoms with van der Waals surface area (Å²) in [6.07, 6.45) is 3.51. The van der Waals surface area contributed by atoms with Gasteiger partial charge in [-0.2, -0.15) is 0 Å². The molecule has 114 valence electrons. The minimum Gasteiger partial charge on any atom is -0.456 e. The van der Waals surface area contributed by atoms with Gasteiger partial charge in [-0.25, -0.2) is 4.57 Å². The van der Waals surface area contributed by atoms with E-state index in [0.29, 0.717) is 5.56 Å². The molecule has 0 fully saturated rings. The third-order valence-electron chi connectivity index (χ3n) is 4.25. The van der Waals surface area contributed by atoms with E-state index in [1.165, 1.54) is 0 Å². The molecular weight excluding hydrogens is 284 g/mol. The van der Waals surface area contributed by atoms with Gasteiger partial charge < -0.3 is 4.42 Å². The Morgan fingerprint density at radius 2 is 1.91 bits per heavy atom. The Bertz CT molecular complexity index is 1160. The van der Waals surface area contributed by atoms with Crippen molar-refractivity contribution >= 4 is 21.9 Å². The Morgan fingerprint density at radius 3 is 2.70 bits per heavy atom. The van der Waals surface area contributed by atoms with Crippen LogP contribution in [0.2, 0.25) is 0 Å². The number of hydrogen-bond donors (Lipinski definition) is 0. The monoisotopic (exact) mass is 306 g/mol. The number of fused-ring (bicyclic) bond motifs is 3. The van der Waals surface area contributed by atoms with Crippen LogP contribution in [-0.2, 0) is 7.05 Å². The highest BCUT2D eigenvalue weighted by Gasteiger charge is 2.16. The molecule has 3 nitrogen and oxygen atoms in total. The standard InChI is InChI=1S/C20H19N2O/c1-12-5-6-18(22(4)11-12)15-9-16-17-10-21-14(3)8-20(17)23-19(16)7-13(15)2/h5-11H,1-4H3/q+1/i1D3. The van der Waals surface area contributed by atoms with E-state index < -0.39 is 6.85 Å². The lowest BCUT2D eigenvalue weighted by Gasteiger charge is -2.05. The Labute approximate surface area is 139 Å². The number of rotatable bonds is 1. The maximum Gasteiger partial charge on any atom is 0.212 e. The summed E-state index contributed by atoms with van der Waals surface area (Å²) < 4.78 is 30.6. The van der Waals surface area contributed by atoms with Crippen molar-refractivity contribution in [1.29, 1.82) is 0 Å². The van der Waals surface area contributed by atoms with E-state index in [1.54, 1.807) is 12.3 Å². The van der Waals surface area contributed by atoms with E-state index in [-0.39, 0.29) is 0 Å². The summed E-state index contributed by atoms with van der Waals surface area (Å²) in [5.41, 5.74) is 5.96. The van der Waals surface area contributed by atoms with E-state index in [2.05, 4.69) is 11.1 Å². The van der Waals surface area contributed by atoms with Gasteiger partial charge in [-0.15, -0.1) is 0 Å². The normalized spacial score (nSPS) is 14.0. The molecule has 0 atom stereocenters. The van der Waals surface area contributed by atoms with Crippen molar-refractivity contribution in [1.82, 2.24) is 4.98 Å². The predicted molar refractivity (Wildman–Crippen MR) is 92.3 cm³/mol. The molecule has 0 amide bonds. The highest BCUT2D eigenvalue weighted by atomic mass is 16.3. The van der Waals surface area contributed by atoms with Crippen molar-refractivity contribution in [3.05, 3.63) is 59.5 Å². The maximum atomic E-state index is 7.58. The van der Waals surface area contributed by atoms with Crippen LogP contribution >= 0.6 is 0 Å². The van der Waals surface area contributed by atoms with Crippen molar-refractivity contribution in [3.8, 4) is 11.3 Å². The molecule has 1 aromatic carbocycles. The molecule has 3 aromatic heterocycles. The highest BCUT2D eigenvalue weighted by molar-refractivity contribution is 6.06. The molecule has 4 rings (SSSR count). The van der Waals surface area contributed by atoms with Gasteiger partial charge in [-0.05, 0) is 44.5 Å². The fraction of sp³-hybridized carbons (Fsp3) is 0.200. The number of nitrogens with zero attached hydrogens (tertiary/aromatic N) is 2. The zero-order valence-corrected chi connectivity index (χ0v) is 13.3. The average molecular weight is 306 g/mol. The van der Waals surface area contributed by atoms with Crippen LogP contribution in [0.3, 0.4) is 0 Å². The topological polar surface area (TPSA) is 29.9 Å². The van der Waals surface area contributed by atoms with Crippen LogP contribution in [0, 0.1) is 20.7 Å². The first-order chi connectivity index (χ1) is 12.2. The van der Waals surface area contributed by atoms with Crippen LogP contribution < -0.4 is 4.57 Å². The largest absolute Gasteiger partial charge is 0.456 e. The molecule has 0 aliphatic heterocycles. The second-order valence-corrected chi connectivity index (χ2v) is 6.00. The van der Waals surface area contributed by atoms with Gasteiger partial charge in [-0.1, -0.05) is 0 Å². The number of benzene rings is 1. The molecule has 4 aromatic rings. The van der Waals surface area contributed by atoms with Crippen LogP contribution in [0.15, 0.2) is 47.1 Å². The summed E-state index contributed by atoms with van der Waals surface area (Å²) in [7, 11) is 1.87. The van der Waals surface area contributed by atoms with Crippen LogP contribution in [-0.4, -0.2) is 4.98 Å². The van der Waals surface area contributed by atoms with Crippen LogP contribution in [0.1, 0.15) is 20.9 Å². The molecule has 23 heavy (non-hydrogen) atoms. The average Bonchev–Trinajstić information content (AvgIpc) is 2.89. The second kappa shape index (κ2) is 4.92. The van der Waals surface area contributed by atoms with Gasteiger partial charge in [-0.3, -0.25) is 4.98 Å². The third kappa shape index (κ3) is 2.20. The maximum absolute atomic E-state index is 7.58. The van der Waals surface area contributed by atoms with Crippen molar-refractivity contribution < 1.29 is 13.1 Å². The van der Waals surface area contributed by atoms with Crippen molar-refractivity contribution in [2.24, 2.45) is 7.05 Å². The molecular formula is C20H19N2O+. The molecule has 0 N–H and O–H groups in total. The third-order valence-corrected chi connectivity index (χ3v) is 4.25. The van der Waals surface area contributed by atoms with Gasteiger partial charge in [0, 0.05) is 50.0 Å². The summed E-state index contributed by atoms with van der Waals surface area (Å²) in [6, 6.07) is 9.59. The van der Waals surface area contributed by atoms with Gasteiger partial charge in [0.25, 0.3) is 0 Å². The minimum atomic E-state index is -2.11. The Kier molecular flexibility index (Phi) is 2.34. The predicted octanol–water partition coefficient (Wildman–Crippen LogP) is 4.40. The number of aromatic nitrogens is 2. The molecule has 0 radical (unpaired) electrons. The van der Waals surface area contributed by atoms with Crippen LogP contribution in [0.25, 0.3) is 33.2 Å². The van der Waals surface area contributed by atoms with Crippen LogP contribution in [0.5, 0.6) is 0 Å². The molecule has 3 heterocycles. The highest BCUT2D eigenvalue weighted by Crippen LogP contribution is 2.33. The molecule has 0 bridgehead atoms. The lowest BCUT2D eigenvalue weighted by atomic mass is 10.0. The summed E-state index contributed by atoms with van der Waals surface area (Å²) in [5, 5.41) is 1.99. The van der Waals surface area contributed by atoms with Gasteiger partial charge in [0.15, 0.2) is 6.20 Å². The number of pyridine rings is 2. The lowest BCUT2D eigenvalue weighted by Crippen LogP contribution is -2.31. The van der Waals surface area contributed by atoms with E-state index in [0.717, 1.165) is 44.5 Å². The van der Waals surface area contributed by atoms with E-state index in [1.807, 2.05) is 49.9 Å². The van der Waals surface area contributed by atoms with Crippen molar-refractivity contribution in [3.63, 3.8) is 0 Å². The van der Waals surface area contributed by atoms with Crippen molar-refractivity contribution in [2.45, 2.75) is 20.7 Å². The Hall–Kier alpha value is -2.68. The molecule has 0 spiro atoms. The fourth-order valence-corrected chi connectivity index (χ4v) is 3.08. The molecule has 0 saturated carbocycles. The first-order valence-corrected chi connectivity index (χ1v) is 7.54. The summed E-state index contributed by atoms with van der Waals surface area (Å²) in [6.45, 7) is 1.86. The van der Waals surface area contributed by atoms with Gasteiger partial charge in [0.2, 0.25) is 5.69 Å². The number of aryl methyl sites for hydroxylation is 4. The molecule has 0 aliphatic rings. The first-order valence-electron chi connectivity index (χ1n) is 9.04. The van der Waals surface area contributed by atoms with Crippen LogP contribution in [0.4, 0.5) is 0 Å². The molecule has 0 aliphatic carbocycles. The van der Waals surface area contributed by atoms with E-state index in [4.69, 9.17) is 8.53 Å². The van der Waals surface area contributed by atoms with Gasteiger partial charge in [0.05, 0.1) is 0 Å². The Balaban J connectivity index is 1.94. The number of hydrogen-bond acceptors (Lipinski definition) is 2. The van der Waals surface area contributed by atoms with E-state index in [9.17, 15) is 0 Å². The summed E-state index contributed by atoms with van der Waals surface area (Å²) >= 11 is 0. The second-order valence-electron chi connectivity index (χ2n) is 6.00. The zero-order chi connectivity index (χ0) is 18.6. The molecule has 0 unspecified atom stereocenters. The molecule has 3 heteroatoms. The zero-order valence-electron chi connectivity index (χ0n) is 16.3. The Morgan fingerprint density at radius 1 is 1.09 bits per heavy atom. The smallest absolute Gasteiger partial charge is 0.212 e. The number of furan rings is 1. The fourth-order valence-electron chi connectivity index (χ4n) is 3.08. The minimum absolute atomic E-state index is 0.330. The quantitative estimate of drug-likeness (QED) is 0.488.